The quantitative estimate of drug-likeness (QED) is 0.891. The molecule has 1 heterocycles. The summed E-state index contributed by atoms with van der Waals surface area (Å²) in [5, 5.41) is 8.91. The number of carbonyl (C=O) groups is 1. The van der Waals surface area contributed by atoms with Gasteiger partial charge in [0.15, 0.2) is 0 Å². The van der Waals surface area contributed by atoms with Crippen LogP contribution < -0.4 is 5.69 Å². The van der Waals surface area contributed by atoms with Crippen molar-refractivity contribution < 1.29 is 19.0 Å². The van der Waals surface area contributed by atoms with Gasteiger partial charge < -0.3 is 9.84 Å². The van der Waals surface area contributed by atoms with Crippen molar-refractivity contribution in [2.45, 2.75) is 6.54 Å². The van der Waals surface area contributed by atoms with Gasteiger partial charge in [-0.3, -0.25) is 9.13 Å². The fourth-order valence-corrected chi connectivity index (χ4v) is 1.99. The lowest BCUT2D eigenvalue weighted by Crippen LogP contribution is -2.23. The molecule has 1 aromatic heterocycles. The third kappa shape index (κ3) is 2.12. The minimum absolute atomic E-state index is 0.275. The van der Waals surface area contributed by atoms with Crippen LogP contribution in [0.1, 0.15) is 10.4 Å². The first-order valence-electron chi connectivity index (χ1n) is 5.58. The molecule has 1 aromatic carbocycles. The van der Waals surface area contributed by atoms with E-state index in [1.54, 1.807) is 0 Å². The van der Waals surface area contributed by atoms with Crippen molar-refractivity contribution in [1.29, 1.82) is 0 Å². The molecule has 102 valence electrons. The van der Waals surface area contributed by atoms with Crippen LogP contribution in [0.25, 0.3) is 11.0 Å². The molecule has 0 saturated heterocycles. The molecule has 0 aliphatic heterocycles. The third-order valence-electron chi connectivity index (χ3n) is 2.98. The topological polar surface area (TPSA) is 73.5 Å². The summed E-state index contributed by atoms with van der Waals surface area (Å²) in [6, 6.07) is 2.23. The van der Waals surface area contributed by atoms with Gasteiger partial charge in [0.1, 0.15) is 5.82 Å². The number of benzene rings is 1. The van der Waals surface area contributed by atoms with Crippen molar-refractivity contribution in [3.63, 3.8) is 0 Å². The number of carboxylic acids is 1. The SMILES string of the molecule is COCCn1c(=O)n(C)c2cc(F)c(C(=O)O)cc21. The molecule has 0 saturated carbocycles. The molecule has 6 nitrogen and oxygen atoms in total. The first kappa shape index (κ1) is 13.3. The third-order valence-corrected chi connectivity index (χ3v) is 2.98. The maximum atomic E-state index is 13.6. The highest BCUT2D eigenvalue weighted by Gasteiger charge is 2.17. The number of rotatable bonds is 4. The molecule has 0 radical (unpaired) electrons. The number of fused-ring (bicyclic) bond motifs is 1. The zero-order chi connectivity index (χ0) is 14.2. The van der Waals surface area contributed by atoms with E-state index in [0.29, 0.717) is 17.6 Å². The molecule has 0 unspecified atom stereocenters. The average Bonchev–Trinajstić information content (AvgIpc) is 2.59. The lowest BCUT2D eigenvalue weighted by atomic mass is 10.2. The van der Waals surface area contributed by atoms with Crippen LogP contribution in [0.4, 0.5) is 4.39 Å². The fraction of sp³-hybridized carbons (Fsp3) is 0.333. The summed E-state index contributed by atoms with van der Waals surface area (Å²) in [5.74, 6) is -2.23. The number of methoxy groups -OCH3 is 1. The second-order valence-electron chi connectivity index (χ2n) is 4.11. The maximum absolute atomic E-state index is 13.6. The number of hydrogen-bond donors (Lipinski definition) is 1. The van der Waals surface area contributed by atoms with Crippen molar-refractivity contribution in [3.05, 3.63) is 34.0 Å². The Morgan fingerprint density at radius 2 is 2.11 bits per heavy atom. The van der Waals surface area contributed by atoms with Gasteiger partial charge in [-0.2, -0.15) is 0 Å². The molecule has 2 rings (SSSR count). The Balaban J connectivity index is 2.74. The molecule has 0 fully saturated rings. The summed E-state index contributed by atoms with van der Waals surface area (Å²) in [4.78, 5) is 22.9. The number of imidazole rings is 1. The normalized spacial score (nSPS) is 11.1. The predicted octanol–water partition coefficient (Wildman–Crippen LogP) is 0.824. The van der Waals surface area contributed by atoms with Gasteiger partial charge in [0.05, 0.1) is 29.7 Å². The van der Waals surface area contributed by atoms with E-state index >= 15 is 0 Å². The molecule has 2 aromatic rings. The van der Waals surface area contributed by atoms with E-state index in [4.69, 9.17) is 9.84 Å². The lowest BCUT2D eigenvalue weighted by molar-refractivity contribution is 0.0692. The van der Waals surface area contributed by atoms with Crippen LogP contribution in [0.5, 0.6) is 0 Å². The van der Waals surface area contributed by atoms with Crippen molar-refractivity contribution in [1.82, 2.24) is 9.13 Å². The van der Waals surface area contributed by atoms with Crippen LogP contribution in [0, 0.1) is 5.82 Å². The van der Waals surface area contributed by atoms with E-state index in [1.165, 1.54) is 29.4 Å². The Kier molecular flexibility index (Phi) is 3.39. The van der Waals surface area contributed by atoms with E-state index in [-0.39, 0.29) is 12.2 Å². The number of carboxylic acid groups (broad SMARTS) is 1. The highest BCUT2D eigenvalue weighted by Crippen LogP contribution is 2.18. The van der Waals surface area contributed by atoms with E-state index in [2.05, 4.69) is 0 Å². The Labute approximate surface area is 107 Å². The van der Waals surface area contributed by atoms with E-state index in [0.717, 1.165) is 6.07 Å². The highest BCUT2D eigenvalue weighted by molar-refractivity contribution is 5.92. The monoisotopic (exact) mass is 268 g/mol. The van der Waals surface area contributed by atoms with Crippen molar-refractivity contribution in [2.75, 3.05) is 13.7 Å². The summed E-state index contributed by atoms with van der Waals surface area (Å²) >= 11 is 0. The number of halogens is 1. The zero-order valence-corrected chi connectivity index (χ0v) is 10.5. The molecule has 0 spiro atoms. The van der Waals surface area contributed by atoms with Gasteiger partial charge in [0, 0.05) is 20.2 Å². The van der Waals surface area contributed by atoms with Crippen molar-refractivity contribution >= 4 is 17.0 Å². The fourth-order valence-electron chi connectivity index (χ4n) is 1.99. The molecule has 0 aliphatic rings. The maximum Gasteiger partial charge on any atom is 0.338 e. The Morgan fingerprint density at radius 3 is 2.68 bits per heavy atom. The van der Waals surface area contributed by atoms with Crippen LogP contribution in [0.3, 0.4) is 0 Å². The first-order valence-corrected chi connectivity index (χ1v) is 5.58. The van der Waals surface area contributed by atoms with Crippen LogP contribution in [-0.4, -0.2) is 33.9 Å². The van der Waals surface area contributed by atoms with Gasteiger partial charge in [0.25, 0.3) is 0 Å². The Hall–Kier alpha value is -2.15. The predicted molar refractivity (Wildman–Crippen MR) is 66.0 cm³/mol. The minimum Gasteiger partial charge on any atom is -0.478 e. The number of aryl methyl sites for hydroxylation is 1. The van der Waals surface area contributed by atoms with E-state index in [1.807, 2.05) is 0 Å². The van der Waals surface area contributed by atoms with Crippen LogP contribution in [0.15, 0.2) is 16.9 Å². The molecular formula is C12H13FN2O4. The van der Waals surface area contributed by atoms with Gasteiger partial charge in [-0.1, -0.05) is 0 Å². The largest absolute Gasteiger partial charge is 0.478 e. The van der Waals surface area contributed by atoms with Crippen molar-refractivity contribution in [2.24, 2.45) is 7.05 Å². The average molecular weight is 268 g/mol. The number of nitrogens with zero attached hydrogens (tertiary/aromatic N) is 2. The zero-order valence-electron chi connectivity index (χ0n) is 10.5. The minimum atomic E-state index is -1.37. The van der Waals surface area contributed by atoms with Crippen molar-refractivity contribution in [3.8, 4) is 0 Å². The van der Waals surface area contributed by atoms with Crippen LogP contribution >= 0.6 is 0 Å². The second-order valence-corrected chi connectivity index (χ2v) is 4.11. The van der Waals surface area contributed by atoms with Crippen LogP contribution in [-0.2, 0) is 18.3 Å². The molecule has 0 aliphatic carbocycles. The van der Waals surface area contributed by atoms with Gasteiger partial charge in [-0.15, -0.1) is 0 Å². The number of hydrogen-bond acceptors (Lipinski definition) is 3. The van der Waals surface area contributed by atoms with Gasteiger partial charge in [0.2, 0.25) is 0 Å². The lowest BCUT2D eigenvalue weighted by Gasteiger charge is -2.03. The standard InChI is InChI=1S/C12H13FN2O4/c1-14-9-6-8(13)7(11(16)17)5-10(9)15(12(14)18)3-4-19-2/h5-6H,3-4H2,1-2H3,(H,16,17). The molecule has 0 bridgehead atoms. The molecule has 19 heavy (non-hydrogen) atoms. The summed E-state index contributed by atoms with van der Waals surface area (Å²) in [6.07, 6.45) is 0. The molecule has 0 amide bonds. The highest BCUT2D eigenvalue weighted by atomic mass is 19.1. The summed E-state index contributed by atoms with van der Waals surface area (Å²) < 4.78 is 21.2. The van der Waals surface area contributed by atoms with Gasteiger partial charge in [-0.25, -0.2) is 14.0 Å². The molecule has 7 heteroatoms. The summed E-state index contributed by atoms with van der Waals surface area (Å²) in [5.41, 5.74) is -0.0646. The Morgan fingerprint density at radius 1 is 1.42 bits per heavy atom. The molecule has 1 N–H and O–H groups in total. The number of aromatic nitrogens is 2. The Bertz CT molecular complexity index is 702. The van der Waals surface area contributed by atoms with Gasteiger partial charge >= 0.3 is 11.7 Å². The van der Waals surface area contributed by atoms with Gasteiger partial charge in [-0.05, 0) is 6.07 Å². The number of ether oxygens (including phenoxy) is 1. The van der Waals surface area contributed by atoms with Crippen LogP contribution in [0.2, 0.25) is 0 Å². The smallest absolute Gasteiger partial charge is 0.338 e. The first-order chi connectivity index (χ1) is 8.97. The summed E-state index contributed by atoms with van der Waals surface area (Å²) in [6.45, 7) is 0.580. The molecule has 0 atom stereocenters. The summed E-state index contributed by atoms with van der Waals surface area (Å²) in [7, 11) is 3.01. The number of aromatic carboxylic acids is 1. The van der Waals surface area contributed by atoms with E-state index in [9.17, 15) is 14.0 Å². The van der Waals surface area contributed by atoms with E-state index < -0.39 is 17.3 Å². The molecular weight excluding hydrogens is 255 g/mol. The second kappa shape index (κ2) is 4.85.